The maximum Gasteiger partial charge on any atom is 0.231 e. The van der Waals surface area contributed by atoms with Crippen LogP contribution >= 0.6 is 11.3 Å². The van der Waals surface area contributed by atoms with Gasteiger partial charge >= 0.3 is 0 Å². The predicted octanol–water partition coefficient (Wildman–Crippen LogP) is 2.26. The summed E-state index contributed by atoms with van der Waals surface area (Å²) in [6, 6.07) is 2.02. The molecule has 1 saturated heterocycles. The van der Waals surface area contributed by atoms with Crippen molar-refractivity contribution in [2.24, 2.45) is 0 Å². The fourth-order valence-corrected chi connectivity index (χ4v) is 2.28. The molecule has 2 heterocycles. The second kappa shape index (κ2) is 3.34. The number of amides is 1. The first kappa shape index (κ1) is 8.51. The van der Waals surface area contributed by atoms with Gasteiger partial charge in [0.15, 0.2) is 0 Å². The minimum absolute atomic E-state index is 0.0387. The molecule has 0 radical (unpaired) electrons. The number of carbonyl (C=O) groups is 1. The molecule has 13 heavy (non-hydrogen) atoms. The van der Waals surface area contributed by atoms with Crippen LogP contribution < -0.4 is 5.32 Å². The van der Waals surface area contributed by atoms with Crippen molar-refractivity contribution in [2.75, 3.05) is 0 Å². The van der Waals surface area contributed by atoms with Gasteiger partial charge in [-0.25, -0.2) is 0 Å². The molecule has 1 amide bonds. The molecule has 1 aliphatic heterocycles. The highest BCUT2D eigenvalue weighted by Gasteiger charge is 2.25. The van der Waals surface area contributed by atoms with E-state index in [0.29, 0.717) is 0 Å². The van der Waals surface area contributed by atoms with Gasteiger partial charge in [0.25, 0.3) is 0 Å². The van der Waals surface area contributed by atoms with E-state index in [4.69, 9.17) is 0 Å². The van der Waals surface area contributed by atoms with E-state index in [9.17, 15) is 4.79 Å². The minimum atomic E-state index is 0.0387. The molecule has 0 saturated carbocycles. The summed E-state index contributed by atoms with van der Waals surface area (Å²) in [6.07, 6.45) is 1.79. The van der Waals surface area contributed by atoms with Crippen LogP contribution in [-0.2, 0) is 4.79 Å². The predicted molar refractivity (Wildman–Crippen MR) is 53.6 cm³/mol. The number of piperidine rings is 1. The number of rotatable bonds is 1. The Labute approximate surface area is 81.3 Å². The van der Waals surface area contributed by atoms with Gasteiger partial charge in [-0.15, -0.1) is 0 Å². The van der Waals surface area contributed by atoms with Gasteiger partial charge in [-0.1, -0.05) is 6.58 Å². The molecule has 1 atom stereocenters. The Morgan fingerprint density at radius 2 is 2.46 bits per heavy atom. The van der Waals surface area contributed by atoms with Gasteiger partial charge in [0.2, 0.25) is 5.91 Å². The van der Waals surface area contributed by atoms with Crippen molar-refractivity contribution in [1.29, 1.82) is 0 Å². The maximum atomic E-state index is 11.5. The summed E-state index contributed by atoms with van der Waals surface area (Å²) in [5.74, 6) is 0.131. The smallest absolute Gasteiger partial charge is 0.231 e. The van der Waals surface area contributed by atoms with Crippen LogP contribution in [0.3, 0.4) is 0 Å². The third kappa shape index (κ3) is 1.65. The molecule has 1 aromatic heterocycles. The molecule has 0 spiro atoms. The molecular weight excluding hydrogens is 182 g/mol. The van der Waals surface area contributed by atoms with Crippen molar-refractivity contribution in [3.63, 3.8) is 0 Å². The summed E-state index contributed by atoms with van der Waals surface area (Å²) in [6.45, 7) is 3.75. The molecular formula is C10H11NOS. The van der Waals surface area contributed by atoms with Gasteiger partial charge in [0, 0.05) is 5.70 Å². The van der Waals surface area contributed by atoms with Crippen LogP contribution in [0.5, 0.6) is 0 Å². The number of hydrogen-bond donors (Lipinski definition) is 1. The van der Waals surface area contributed by atoms with Gasteiger partial charge in [-0.2, -0.15) is 11.3 Å². The number of nitrogens with one attached hydrogen (secondary N) is 1. The quantitative estimate of drug-likeness (QED) is 0.728. The number of allylic oxidation sites excluding steroid dienone is 1. The molecule has 1 aliphatic rings. The van der Waals surface area contributed by atoms with Crippen LogP contribution in [0.1, 0.15) is 24.3 Å². The molecule has 1 aromatic rings. The Bertz CT molecular complexity index is 329. The Balaban J connectivity index is 2.17. The standard InChI is InChI=1S/C10H11NOS/c1-7-2-3-9(10(12)11-7)8-4-5-13-6-8/h4-6,9H,1-3H2,(H,11,12). The summed E-state index contributed by atoms with van der Waals surface area (Å²) in [4.78, 5) is 11.5. The summed E-state index contributed by atoms with van der Waals surface area (Å²) in [7, 11) is 0. The average molecular weight is 193 g/mol. The monoisotopic (exact) mass is 193 g/mol. The van der Waals surface area contributed by atoms with Crippen molar-refractivity contribution >= 4 is 17.2 Å². The summed E-state index contributed by atoms with van der Waals surface area (Å²) < 4.78 is 0. The molecule has 1 N–H and O–H groups in total. The fourth-order valence-electron chi connectivity index (χ4n) is 1.56. The molecule has 0 bridgehead atoms. The molecule has 0 aromatic carbocycles. The third-order valence-electron chi connectivity index (χ3n) is 2.30. The summed E-state index contributed by atoms with van der Waals surface area (Å²) in [5.41, 5.74) is 1.98. The lowest BCUT2D eigenvalue weighted by Crippen LogP contribution is -2.32. The lowest BCUT2D eigenvalue weighted by Gasteiger charge is -2.22. The van der Waals surface area contributed by atoms with Crippen LogP contribution in [-0.4, -0.2) is 5.91 Å². The largest absolute Gasteiger partial charge is 0.330 e. The topological polar surface area (TPSA) is 29.1 Å². The van der Waals surface area contributed by atoms with Crippen molar-refractivity contribution < 1.29 is 4.79 Å². The van der Waals surface area contributed by atoms with Crippen LogP contribution in [0.2, 0.25) is 0 Å². The zero-order valence-electron chi connectivity index (χ0n) is 7.25. The van der Waals surface area contributed by atoms with Crippen molar-refractivity contribution in [3.05, 3.63) is 34.7 Å². The molecule has 2 rings (SSSR count). The van der Waals surface area contributed by atoms with Crippen LogP contribution in [0, 0.1) is 0 Å². The van der Waals surface area contributed by atoms with E-state index in [-0.39, 0.29) is 11.8 Å². The second-order valence-corrected chi connectivity index (χ2v) is 4.02. The molecule has 1 unspecified atom stereocenters. The Morgan fingerprint density at radius 3 is 3.08 bits per heavy atom. The van der Waals surface area contributed by atoms with E-state index in [2.05, 4.69) is 11.9 Å². The van der Waals surface area contributed by atoms with E-state index in [1.165, 1.54) is 0 Å². The highest BCUT2D eigenvalue weighted by Crippen LogP contribution is 2.28. The van der Waals surface area contributed by atoms with Crippen molar-refractivity contribution in [1.82, 2.24) is 5.32 Å². The van der Waals surface area contributed by atoms with Gasteiger partial charge in [-0.3, -0.25) is 4.79 Å². The Hall–Kier alpha value is -1.09. The minimum Gasteiger partial charge on any atom is -0.330 e. The lowest BCUT2D eigenvalue weighted by molar-refractivity contribution is -0.122. The van der Waals surface area contributed by atoms with Crippen molar-refractivity contribution in [3.8, 4) is 0 Å². The van der Waals surface area contributed by atoms with E-state index in [1.54, 1.807) is 11.3 Å². The van der Waals surface area contributed by atoms with Crippen LogP contribution in [0.15, 0.2) is 29.1 Å². The van der Waals surface area contributed by atoms with E-state index >= 15 is 0 Å². The summed E-state index contributed by atoms with van der Waals surface area (Å²) >= 11 is 1.63. The van der Waals surface area contributed by atoms with Crippen molar-refractivity contribution in [2.45, 2.75) is 18.8 Å². The first-order valence-electron chi connectivity index (χ1n) is 4.28. The van der Waals surface area contributed by atoms with Gasteiger partial charge in [-0.05, 0) is 35.2 Å². The van der Waals surface area contributed by atoms with Crippen LogP contribution in [0.4, 0.5) is 0 Å². The highest BCUT2D eigenvalue weighted by atomic mass is 32.1. The zero-order valence-corrected chi connectivity index (χ0v) is 8.06. The van der Waals surface area contributed by atoms with E-state index < -0.39 is 0 Å². The molecule has 68 valence electrons. The normalized spacial score (nSPS) is 22.9. The number of carbonyl (C=O) groups excluding carboxylic acids is 1. The van der Waals surface area contributed by atoms with Gasteiger partial charge in [0.05, 0.1) is 5.92 Å². The highest BCUT2D eigenvalue weighted by molar-refractivity contribution is 7.08. The fraction of sp³-hybridized carbons (Fsp3) is 0.300. The molecule has 1 fully saturated rings. The lowest BCUT2D eigenvalue weighted by atomic mass is 9.92. The van der Waals surface area contributed by atoms with Crippen LogP contribution in [0.25, 0.3) is 0 Å². The zero-order chi connectivity index (χ0) is 9.26. The third-order valence-corrected chi connectivity index (χ3v) is 3.00. The first-order valence-corrected chi connectivity index (χ1v) is 5.22. The second-order valence-electron chi connectivity index (χ2n) is 3.24. The number of thiophene rings is 1. The maximum absolute atomic E-state index is 11.5. The SMILES string of the molecule is C=C1CCC(c2ccsc2)C(=O)N1. The van der Waals surface area contributed by atoms with E-state index in [0.717, 1.165) is 24.1 Å². The summed E-state index contributed by atoms with van der Waals surface area (Å²) in [5, 5.41) is 6.83. The van der Waals surface area contributed by atoms with E-state index in [1.807, 2.05) is 16.8 Å². The first-order chi connectivity index (χ1) is 6.27. The van der Waals surface area contributed by atoms with Gasteiger partial charge < -0.3 is 5.32 Å². The number of hydrogen-bond acceptors (Lipinski definition) is 2. The molecule has 2 nitrogen and oxygen atoms in total. The molecule has 3 heteroatoms. The Morgan fingerprint density at radius 1 is 1.62 bits per heavy atom. The molecule has 0 aliphatic carbocycles. The average Bonchev–Trinajstić information content (AvgIpc) is 2.56. The van der Waals surface area contributed by atoms with Gasteiger partial charge in [0.1, 0.15) is 0 Å². The Kier molecular flexibility index (Phi) is 2.19.